The summed E-state index contributed by atoms with van der Waals surface area (Å²) in [5.74, 6) is -0.910. The summed E-state index contributed by atoms with van der Waals surface area (Å²) in [5, 5.41) is 8.98. The fourth-order valence-corrected chi connectivity index (χ4v) is 1.73. The minimum Gasteiger partial charge on any atom is -0.476 e. The van der Waals surface area contributed by atoms with Crippen LogP contribution in [0.15, 0.2) is 24.5 Å². The number of aryl methyl sites for hydroxylation is 1. The van der Waals surface area contributed by atoms with Crippen molar-refractivity contribution >= 4 is 17.6 Å². The molecule has 0 aliphatic heterocycles. The second-order valence-corrected chi connectivity index (χ2v) is 3.97. The van der Waals surface area contributed by atoms with E-state index in [1.54, 1.807) is 6.20 Å². The number of carboxylic acids is 1. The van der Waals surface area contributed by atoms with Crippen LogP contribution < -0.4 is 0 Å². The van der Waals surface area contributed by atoms with E-state index in [0.717, 1.165) is 12.0 Å². The summed E-state index contributed by atoms with van der Waals surface area (Å²) in [6.45, 7) is 1.98. The number of carbonyl (C=O) groups is 1. The smallest absolute Gasteiger partial charge is 0.356 e. The van der Waals surface area contributed by atoms with Gasteiger partial charge in [0.15, 0.2) is 11.5 Å². The van der Waals surface area contributed by atoms with Crippen molar-refractivity contribution in [3.05, 3.63) is 40.8 Å². The van der Waals surface area contributed by atoms with Gasteiger partial charge in [-0.15, -0.1) is 0 Å². The molecule has 0 aliphatic carbocycles. The van der Waals surface area contributed by atoms with E-state index >= 15 is 0 Å². The summed E-state index contributed by atoms with van der Waals surface area (Å²) in [6, 6.07) is 3.72. The summed E-state index contributed by atoms with van der Waals surface area (Å²) in [5.41, 5.74) is 1.32. The Morgan fingerprint density at radius 3 is 2.89 bits per heavy atom. The van der Waals surface area contributed by atoms with Crippen LogP contribution in [0, 0.1) is 0 Å². The maximum Gasteiger partial charge on any atom is 0.356 e. The maximum absolute atomic E-state index is 11.0. The van der Waals surface area contributed by atoms with Gasteiger partial charge in [-0.1, -0.05) is 24.6 Å². The second-order valence-electron chi connectivity index (χ2n) is 3.56. The van der Waals surface area contributed by atoms with Crippen molar-refractivity contribution in [3.63, 3.8) is 0 Å². The molecule has 0 bridgehead atoms. The molecule has 92 valence electrons. The van der Waals surface area contributed by atoms with Crippen LogP contribution in [0.5, 0.6) is 0 Å². The van der Waals surface area contributed by atoms with E-state index < -0.39 is 5.97 Å². The summed E-state index contributed by atoms with van der Waals surface area (Å²) in [6.07, 6.45) is 3.66. The quantitative estimate of drug-likeness (QED) is 0.920. The van der Waals surface area contributed by atoms with Crippen LogP contribution in [-0.2, 0) is 6.42 Å². The molecule has 2 heterocycles. The van der Waals surface area contributed by atoms with Crippen molar-refractivity contribution in [2.24, 2.45) is 0 Å². The summed E-state index contributed by atoms with van der Waals surface area (Å²) >= 11 is 5.73. The SMILES string of the molecule is CCc1cccnc1-c1ncc(Cl)c(C(=O)O)n1. The first kappa shape index (κ1) is 12.4. The molecule has 0 unspecified atom stereocenters. The molecule has 2 aromatic heterocycles. The lowest BCUT2D eigenvalue weighted by Gasteiger charge is -2.06. The highest BCUT2D eigenvalue weighted by Crippen LogP contribution is 2.20. The monoisotopic (exact) mass is 263 g/mol. The van der Waals surface area contributed by atoms with E-state index in [1.807, 2.05) is 19.1 Å². The van der Waals surface area contributed by atoms with Gasteiger partial charge in [0.1, 0.15) is 5.69 Å². The molecular weight excluding hydrogens is 254 g/mol. The van der Waals surface area contributed by atoms with E-state index in [4.69, 9.17) is 16.7 Å². The molecule has 1 N–H and O–H groups in total. The van der Waals surface area contributed by atoms with E-state index in [1.165, 1.54) is 6.20 Å². The fourth-order valence-electron chi connectivity index (χ4n) is 1.56. The molecule has 0 amide bonds. The van der Waals surface area contributed by atoms with Crippen molar-refractivity contribution in [3.8, 4) is 11.5 Å². The lowest BCUT2D eigenvalue weighted by Crippen LogP contribution is -2.05. The first-order chi connectivity index (χ1) is 8.63. The van der Waals surface area contributed by atoms with Crippen molar-refractivity contribution in [1.29, 1.82) is 0 Å². The van der Waals surface area contributed by atoms with Gasteiger partial charge in [-0.3, -0.25) is 4.98 Å². The standard InChI is InChI=1S/C12H10ClN3O2/c1-2-7-4-3-5-14-9(7)11-15-6-8(13)10(16-11)12(17)18/h3-6H,2H2,1H3,(H,17,18). The predicted octanol–water partition coefficient (Wildman–Crippen LogP) is 2.45. The first-order valence-corrected chi connectivity index (χ1v) is 5.71. The highest BCUT2D eigenvalue weighted by atomic mass is 35.5. The molecule has 0 spiro atoms. The molecular formula is C12H10ClN3O2. The van der Waals surface area contributed by atoms with E-state index in [9.17, 15) is 4.79 Å². The zero-order chi connectivity index (χ0) is 13.1. The number of rotatable bonds is 3. The number of nitrogens with zero attached hydrogens (tertiary/aromatic N) is 3. The number of pyridine rings is 1. The van der Waals surface area contributed by atoms with Crippen LogP contribution in [0.4, 0.5) is 0 Å². The van der Waals surface area contributed by atoms with E-state index in [2.05, 4.69) is 15.0 Å². The maximum atomic E-state index is 11.0. The normalized spacial score (nSPS) is 10.3. The number of aromatic carboxylic acids is 1. The molecule has 18 heavy (non-hydrogen) atoms. The van der Waals surface area contributed by atoms with Crippen molar-refractivity contribution in [2.45, 2.75) is 13.3 Å². The Morgan fingerprint density at radius 2 is 2.22 bits per heavy atom. The van der Waals surface area contributed by atoms with Crippen LogP contribution in [0.3, 0.4) is 0 Å². The molecule has 0 saturated heterocycles. The number of halogens is 1. The molecule has 0 aliphatic rings. The molecule has 0 aromatic carbocycles. The molecule has 2 aromatic rings. The molecule has 0 saturated carbocycles. The van der Waals surface area contributed by atoms with Gasteiger partial charge < -0.3 is 5.11 Å². The number of aromatic nitrogens is 3. The summed E-state index contributed by atoms with van der Waals surface area (Å²) < 4.78 is 0. The van der Waals surface area contributed by atoms with Gasteiger partial charge in [0, 0.05) is 6.20 Å². The van der Waals surface area contributed by atoms with Gasteiger partial charge in [-0.2, -0.15) is 0 Å². The van der Waals surface area contributed by atoms with Crippen molar-refractivity contribution in [1.82, 2.24) is 15.0 Å². The van der Waals surface area contributed by atoms with Crippen LogP contribution in [-0.4, -0.2) is 26.0 Å². The Morgan fingerprint density at radius 1 is 1.44 bits per heavy atom. The Hall–Kier alpha value is -2.01. The third kappa shape index (κ3) is 2.31. The average Bonchev–Trinajstić information content (AvgIpc) is 2.39. The van der Waals surface area contributed by atoms with Gasteiger partial charge in [0.2, 0.25) is 0 Å². The largest absolute Gasteiger partial charge is 0.476 e. The molecule has 5 nitrogen and oxygen atoms in total. The van der Waals surface area contributed by atoms with Gasteiger partial charge in [-0.05, 0) is 18.1 Å². The number of hydrogen-bond acceptors (Lipinski definition) is 4. The summed E-state index contributed by atoms with van der Waals surface area (Å²) in [7, 11) is 0. The Labute approximate surface area is 109 Å². The molecule has 2 rings (SSSR count). The molecule has 6 heteroatoms. The van der Waals surface area contributed by atoms with Gasteiger partial charge in [-0.25, -0.2) is 14.8 Å². The van der Waals surface area contributed by atoms with Crippen LogP contribution >= 0.6 is 11.6 Å². The predicted molar refractivity (Wildman–Crippen MR) is 66.6 cm³/mol. The highest BCUT2D eigenvalue weighted by molar-refractivity contribution is 6.33. The fraction of sp³-hybridized carbons (Fsp3) is 0.167. The summed E-state index contributed by atoms with van der Waals surface area (Å²) in [4.78, 5) is 23.1. The number of hydrogen-bond donors (Lipinski definition) is 1. The van der Waals surface area contributed by atoms with Crippen LogP contribution in [0.25, 0.3) is 11.5 Å². The molecule has 0 radical (unpaired) electrons. The van der Waals surface area contributed by atoms with Crippen molar-refractivity contribution in [2.75, 3.05) is 0 Å². The van der Waals surface area contributed by atoms with Gasteiger partial charge in [0.05, 0.1) is 11.2 Å². The first-order valence-electron chi connectivity index (χ1n) is 5.33. The minimum atomic E-state index is -1.18. The Bertz CT molecular complexity index is 602. The second kappa shape index (κ2) is 5.10. The van der Waals surface area contributed by atoms with Gasteiger partial charge >= 0.3 is 5.97 Å². The molecule has 0 fully saturated rings. The Balaban J connectivity index is 2.58. The van der Waals surface area contributed by atoms with E-state index in [-0.39, 0.29) is 16.5 Å². The van der Waals surface area contributed by atoms with Gasteiger partial charge in [0.25, 0.3) is 0 Å². The number of carboxylic acid groups (broad SMARTS) is 1. The lowest BCUT2D eigenvalue weighted by atomic mass is 10.1. The topological polar surface area (TPSA) is 76.0 Å². The lowest BCUT2D eigenvalue weighted by molar-refractivity contribution is 0.0690. The van der Waals surface area contributed by atoms with Crippen molar-refractivity contribution < 1.29 is 9.90 Å². The third-order valence-electron chi connectivity index (χ3n) is 2.43. The zero-order valence-corrected chi connectivity index (χ0v) is 10.3. The minimum absolute atomic E-state index is 0.0141. The Kier molecular flexibility index (Phi) is 3.53. The van der Waals surface area contributed by atoms with Crippen LogP contribution in [0.2, 0.25) is 5.02 Å². The average molecular weight is 264 g/mol. The zero-order valence-electron chi connectivity index (χ0n) is 9.59. The highest BCUT2D eigenvalue weighted by Gasteiger charge is 2.15. The van der Waals surface area contributed by atoms with E-state index in [0.29, 0.717) is 5.69 Å². The third-order valence-corrected chi connectivity index (χ3v) is 2.71. The van der Waals surface area contributed by atoms with Crippen LogP contribution in [0.1, 0.15) is 23.0 Å². The molecule has 0 atom stereocenters.